The first-order chi connectivity index (χ1) is 11.5. The number of thiazole rings is 1. The number of nitrogens with zero attached hydrogens (tertiary/aromatic N) is 2. The highest BCUT2D eigenvalue weighted by Gasteiger charge is 2.23. The minimum atomic E-state index is -0.500. The molecular weight excluding hydrogens is 356 g/mol. The molecular formula is C18H25ClN4OS. The summed E-state index contributed by atoms with van der Waals surface area (Å²) in [6.45, 7) is 6.70. The van der Waals surface area contributed by atoms with Crippen molar-refractivity contribution in [3.05, 3.63) is 46.5 Å². The largest absolute Gasteiger partial charge is 0.320 e. The fraction of sp³-hybridized carbons (Fsp3) is 0.444. The highest BCUT2D eigenvalue weighted by atomic mass is 35.5. The molecule has 1 amide bonds. The van der Waals surface area contributed by atoms with E-state index in [1.807, 2.05) is 19.9 Å². The summed E-state index contributed by atoms with van der Waals surface area (Å²) in [5.41, 5.74) is 8.32. The number of amides is 1. The second-order valence-corrected chi connectivity index (χ2v) is 7.68. The molecule has 5 nitrogen and oxygen atoms in total. The summed E-state index contributed by atoms with van der Waals surface area (Å²) in [6, 6.07) is 9.99. The Morgan fingerprint density at radius 2 is 2.08 bits per heavy atom. The van der Waals surface area contributed by atoms with E-state index in [1.54, 1.807) is 11.3 Å². The molecule has 0 unspecified atom stereocenters. The maximum Gasteiger partial charge on any atom is 0.243 e. The van der Waals surface area contributed by atoms with Crippen molar-refractivity contribution in [2.24, 2.45) is 11.7 Å². The lowest BCUT2D eigenvalue weighted by Gasteiger charge is -2.25. The molecule has 0 radical (unpaired) electrons. The summed E-state index contributed by atoms with van der Waals surface area (Å²) >= 11 is 1.57. The van der Waals surface area contributed by atoms with Crippen LogP contribution in [0.4, 0.5) is 5.13 Å². The van der Waals surface area contributed by atoms with Crippen molar-refractivity contribution in [1.82, 2.24) is 9.88 Å². The highest BCUT2D eigenvalue weighted by Crippen LogP contribution is 2.29. The zero-order valence-electron chi connectivity index (χ0n) is 14.6. The van der Waals surface area contributed by atoms with Crippen LogP contribution >= 0.6 is 23.7 Å². The van der Waals surface area contributed by atoms with Crippen LogP contribution < -0.4 is 11.1 Å². The zero-order chi connectivity index (χ0) is 17.1. The predicted molar refractivity (Wildman–Crippen MR) is 105 cm³/mol. The molecule has 7 heteroatoms. The fourth-order valence-electron chi connectivity index (χ4n) is 2.77. The average Bonchev–Trinajstić information content (AvgIpc) is 2.96. The van der Waals surface area contributed by atoms with E-state index in [2.05, 4.69) is 39.5 Å². The molecule has 0 aliphatic carbocycles. The van der Waals surface area contributed by atoms with E-state index in [-0.39, 0.29) is 24.2 Å². The third-order valence-electron chi connectivity index (χ3n) is 4.31. The minimum absolute atomic E-state index is 0. The molecule has 2 aromatic rings. The normalized spacial score (nSPS) is 15.4. The van der Waals surface area contributed by atoms with Crippen LogP contribution in [0, 0.1) is 5.92 Å². The third kappa shape index (κ3) is 5.01. The van der Waals surface area contributed by atoms with Gasteiger partial charge in [-0.2, -0.15) is 0 Å². The first-order valence-corrected chi connectivity index (χ1v) is 9.16. The predicted octanol–water partition coefficient (Wildman–Crippen LogP) is 3.05. The van der Waals surface area contributed by atoms with Gasteiger partial charge in [-0.15, -0.1) is 23.7 Å². The summed E-state index contributed by atoms with van der Waals surface area (Å²) in [6.07, 6.45) is 0.921. The van der Waals surface area contributed by atoms with Gasteiger partial charge in [0.05, 0.1) is 11.7 Å². The number of nitrogens with one attached hydrogen (secondary N) is 1. The monoisotopic (exact) mass is 380 g/mol. The van der Waals surface area contributed by atoms with Crippen molar-refractivity contribution in [3.8, 4) is 0 Å². The zero-order valence-corrected chi connectivity index (χ0v) is 16.2. The van der Waals surface area contributed by atoms with Crippen LogP contribution in [0.1, 0.15) is 30.0 Å². The smallest absolute Gasteiger partial charge is 0.243 e. The Morgan fingerprint density at radius 1 is 1.36 bits per heavy atom. The Labute approximate surface area is 159 Å². The third-order valence-corrected chi connectivity index (χ3v) is 5.31. The van der Waals surface area contributed by atoms with Gasteiger partial charge in [0.25, 0.3) is 0 Å². The van der Waals surface area contributed by atoms with Crippen molar-refractivity contribution < 1.29 is 4.79 Å². The van der Waals surface area contributed by atoms with Gasteiger partial charge < -0.3 is 11.1 Å². The topological polar surface area (TPSA) is 71.2 Å². The molecule has 1 atom stereocenters. The van der Waals surface area contributed by atoms with Crippen molar-refractivity contribution in [3.63, 3.8) is 0 Å². The molecule has 3 N–H and O–H groups in total. The van der Waals surface area contributed by atoms with E-state index in [0.717, 1.165) is 31.7 Å². The lowest BCUT2D eigenvalue weighted by molar-refractivity contribution is -0.118. The molecule has 3 rings (SSSR count). The first-order valence-electron chi connectivity index (χ1n) is 8.34. The molecule has 0 saturated heterocycles. The van der Waals surface area contributed by atoms with Crippen LogP contribution in [-0.4, -0.2) is 28.4 Å². The second kappa shape index (κ2) is 8.76. The van der Waals surface area contributed by atoms with Gasteiger partial charge in [0.1, 0.15) is 0 Å². The number of rotatable bonds is 5. The van der Waals surface area contributed by atoms with Crippen LogP contribution in [0.3, 0.4) is 0 Å². The molecule has 136 valence electrons. The maximum atomic E-state index is 12.1. The molecule has 2 heterocycles. The number of carbonyl (C=O) groups is 1. The molecule has 1 aliphatic rings. The van der Waals surface area contributed by atoms with Crippen LogP contribution in [0.15, 0.2) is 30.3 Å². The van der Waals surface area contributed by atoms with Gasteiger partial charge in [0.2, 0.25) is 5.91 Å². The Bertz CT molecular complexity index is 704. The number of carbonyl (C=O) groups excluding carboxylic acids is 1. The molecule has 25 heavy (non-hydrogen) atoms. The van der Waals surface area contributed by atoms with Crippen LogP contribution in [0.25, 0.3) is 0 Å². The number of aromatic nitrogens is 1. The summed E-state index contributed by atoms with van der Waals surface area (Å²) in [7, 11) is 0. The Hall–Kier alpha value is -1.47. The first kappa shape index (κ1) is 19.8. The van der Waals surface area contributed by atoms with E-state index < -0.39 is 6.04 Å². The summed E-state index contributed by atoms with van der Waals surface area (Å²) in [5, 5.41) is 3.54. The van der Waals surface area contributed by atoms with Gasteiger partial charge >= 0.3 is 0 Å². The highest BCUT2D eigenvalue weighted by molar-refractivity contribution is 7.15. The Balaban J connectivity index is 0.00000225. The van der Waals surface area contributed by atoms with Gasteiger partial charge in [-0.1, -0.05) is 44.2 Å². The van der Waals surface area contributed by atoms with Gasteiger partial charge in [0.15, 0.2) is 5.13 Å². The molecule has 0 fully saturated rings. The van der Waals surface area contributed by atoms with E-state index in [9.17, 15) is 4.79 Å². The van der Waals surface area contributed by atoms with Crippen molar-refractivity contribution in [2.75, 3.05) is 11.9 Å². The van der Waals surface area contributed by atoms with Crippen molar-refractivity contribution in [1.29, 1.82) is 0 Å². The van der Waals surface area contributed by atoms with Gasteiger partial charge in [0, 0.05) is 30.9 Å². The molecule has 1 aromatic carbocycles. The Morgan fingerprint density at radius 3 is 2.76 bits per heavy atom. The second-order valence-electron chi connectivity index (χ2n) is 6.59. The number of halogens is 1. The molecule has 1 aliphatic heterocycles. The van der Waals surface area contributed by atoms with E-state index in [0.29, 0.717) is 5.13 Å². The quantitative estimate of drug-likeness (QED) is 0.836. The molecule has 0 saturated carbocycles. The van der Waals surface area contributed by atoms with Crippen molar-refractivity contribution >= 4 is 34.8 Å². The fourth-order valence-corrected chi connectivity index (χ4v) is 3.82. The van der Waals surface area contributed by atoms with Crippen molar-refractivity contribution in [2.45, 2.75) is 39.4 Å². The standard InChI is InChI=1S/C18H24N4OS.ClH/c1-12(2)16(19)17(23)21-18-20-14-8-9-22(11-15(14)24-18)10-13-6-4-3-5-7-13;/h3-7,12,16H,8-11,19H2,1-2H3,(H,20,21,23);1H/t16-;/m0./s1. The number of nitrogens with two attached hydrogens (primary N) is 1. The summed E-state index contributed by atoms with van der Waals surface area (Å²) in [4.78, 5) is 20.3. The number of benzene rings is 1. The summed E-state index contributed by atoms with van der Waals surface area (Å²) < 4.78 is 0. The Kier molecular flexibility index (Phi) is 6.95. The number of hydrogen-bond acceptors (Lipinski definition) is 5. The van der Waals surface area contributed by atoms with Crippen LogP contribution in [0.2, 0.25) is 0 Å². The van der Waals surface area contributed by atoms with E-state index in [4.69, 9.17) is 5.73 Å². The minimum Gasteiger partial charge on any atom is -0.320 e. The van der Waals surface area contributed by atoms with E-state index >= 15 is 0 Å². The summed E-state index contributed by atoms with van der Waals surface area (Å²) in [5.74, 6) is -0.0433. The lowest BCUT2D eigenvalue weighted by atomic mass is 10.1. The maximum absolute atomic E-state index is 12.1. The van der Waals surface area contributed by atoms with Gasteiger partial charge in [-0.05, 0) is 11.5 Å². The number of anilines is 1. The van der Waals surface area contributed by atoms with E-state index in [1.165, 1.54) is 10.4 Å². The van der Waals surface area contributed by atoms with Crippen LogP contribution in [-0.2, 0) is 24.3 Å². The lowest BCUT2D eigenvalue weighted by Crippen LogP contribution is -2.39. The molecule has 0 spiro atoms. The van der Waals surface area contributed by atoms with Crippen LogP contribution in [0.5, 0.6) is 0 Å². The molecule has 0 bridgehead atoms. The number of fused-ring (bicyclic) bond motifs is 1. The number of hydrogen-bond donors (Lipinski definition) is 2. The van der Waals surface area contributed by atoms with Gasteiger partial charge in [-0.25, -0.2) is 4.98 Å². The average molecular weight is 381 g/mol. The molecule has 1 aromatic heterocycles. The SMILES string of the molecule is CC(C)[C@H](N)C(=O)Nc1nc2c(s1)CN(Cc1ccccc1)CC2.Cl. The van der Waals surface area contributed by atoms with Gasteiger partial charge in [-0.3, -0.25) is 9.69 Å².